The van der Waals surface area contributed by atoms with Crippen LogP contribution in [0.3, 0.4) is 0 Å². The number of likely N-dealkylation sites (N-methyl/N-ethyl adjacent to an activating group) is 1. The van der Waals surface area contributed by atoms with Gasteiger partial charge in [0.15, 0.2) is 5.72 Å². The topological polar surface area (TPSA) is 156 Å². The van der Waals surface area contributed by atoms with Gasteiger partial charge in [0.1, 0.15) is 40.7 Å². The highest BCUT2D eigenvalue weighted by Crippen LogP contribution is 2.54. The van der Waals surface area contributed by atoms with Gasteiger partial charge in [0.05, 0.1) is 25.3 Å². The molecule has 13 nitrogen and oxygen atoms in total. The Balaban J connectivity index is 1.78. The summed E-state index contributed by atoms with van der Waals surface area (Å²) in [5, 5.41) is 14.6. The molecule has 1 aromatic carbocycles. The summed E-state index contributed by atoms with van der Waals surface area (Å²) in [4.78, 5) is 56.8. The maximum Gasteiger partial charge on any atom is 0.409 e. The molecule has 0 aliphatic carbocycles. The molecule has 300 valence electrons. The number of anilines is 1. The van der Waals surface area contributed by atoms with E-state index in [9.17, 15) is 24.3 Å². The molecule has 3 aliphatic heterocycles. The second-order valence-corrected chi connectivity index (χ2v) is 17.7. The van der Waals surface area contributed by atoms with E-state index in [1.54, 1.807) is 45.2 Å². The third kappa shape index (κ3) is 9.55. The zero-order valence-electron chi connectivity index (χ0n) is 33.2. The Morgan fingerprint density at radius 3 is 2.50 bits per heavy atom. The molecule has 2 saturated heterocycles. The molecule has 3 aliphatic rings. The van der Waals surface area contributed by atoms with E-state index < -0.39 is 65.2 Å². The Kier molecular flexibility index (Phi) is 13.2. The molecule has 1 aromatic rings. The maximum atomic E-state index is 14.2. The van der Waals surface area contributed by atoms with Crippen LogP contribution in [0.1, 0.15) is 79.7 Å². The predicted octanol–water partition coefficient (Wildman–Crippen LogP) is 5.39. The van der Waals surface area contributed by atoms with Crippen LogP contribution in [0.5, 0.6) is 5.75 Å². The first-order chi connectivity index (χ1) is 25.0. The molecule has 3 amide bonds. The minimum Gasteiger partial charge on any atom is -0.495 e. The molecular weight excluding hydrogens is 738 g/mol. The van der Waals surface area contributed by atoms with Crippen molar-refractivity contribution in [1.82, 2.24) is 10.2 Å². The summed E-state index contributed by atoms with van der Waals surface area (Å²) in [6, 6.07) is 2.59. The number of carbonyl (C=O) groups excluding carboxylic acids is 4. The molecular formula is C39H56ClN3O10S. The Bertz CT molecular complexity index is 1680. The monoisotopic (exact) mass is 793 g/mol. The molecule has 0 aromatic heterocycles. The number of ether oxygens (including phenoxy) is 5. The van der Waals surface area contributed by atoms with Gasteiger partial charge in [0.2, 0.25) is 11.8 Å². The highest BCUT2D eigenvalue weighted by Gasteiger charge is 2.68. The van der Waals surface area contributed by atoms with E-state index in [1.807, 2.05) is 40.7 Å². The molecule has 4 rings (SSSR count). The minimum absolute atomic E-state index is 0.0729. The van der Waals surface area contributed by atoms with Gasteiger partial charge < -0.3 is 38.6 Å². The number of epoxide rings is 1. The van der Waals surface area contributed by atoms with Crippen LogP contribution in [-0.4, -0.2) is 109 Å². The van der Waals surface area contributed by atoms with Crippen molar-refractivity contribution in [3.63, 3.8) is 0 Å². The van der Waals surface area contributed by atoms with E-state index in [4.69, 9.17) is 35.3 Å². The fourth-order valence-electron chi connectivity index (χ4n) is 7.10. The number of carbonyl (C=O) groups is 4. The van der Waals surface area contributed by atoms with Crippen molar-refractivity contribution in [1.29, 1.82) is 0 Å². The standard InChI is InChI=1S/C39H56ClN3O10S/c1-22-13-12-14-27(50-11)39(48)21-29(52-35(47)41-39)37(5,6)34-38(7,53-34)28(51-33(46)23(2)42(8)30(44)15-16-36(3,4)54)20-31(45)43(9)25-18-24(17-22)19-26(49-10)32(25)40/h12-14,18-19,23,27-29,34,48,54H,15-17,20-21H2,1-11H3,(H,41,47)/b14-12+,22-13+/t23-,27+,28-,29-,34-,38-,39-/m0/s1. The number of aliphatic hydroxyl groups is 1. The van der Waals surface area contributed by atoms with Crippen LogP contribution in [0.2, 0.25) is 5.02 Å². The first kappa shape index (κ1) is 43.4. The second-order valence-electron chi connectivity index (χ2n) is 16.1. The van der Waals surface area contributed by atoms with Crippen LogP contribution in [0.25, 0.3) is 0 Å². The molecule has 0 saturated carbocycles. The number of thiol groups is 1. The van der Waals surface area contributed by atoms with Gasteiger partial charge in [-0.05, 0) is 51.3 Å². The summed E-state index contributed by atoms with van der Waals surface area (Å²) >= 11 is 11.3. The summed E-state index contributed by atoms with van der Waals surface area (Å²) in [7, 11) is 6.03. The van der Waals surface area contributed by atoms with Gasteiger partial charge in [-0.15, -0.1) is 0 Å². The van der Waals surface area contributed by atoms with E-state index >= 15 is 0 Å². The lowest BCUT2D eigenvalue weighted by Gasteiger charge is -2.45. The largest absolute Gasteiger partial charge is 0.495 e. The number of alkyl carbamates (subject to hydrolysis) is 1. The fourth-order valence-corrected chi connectivity index (χ4v) is 7.52. The van der Waals surface area contributed by atoms with Crippen molar-refractivity contribution in [2.75, 3.05) is 33.2 Å². The van der Waals surface area contributed by atoms with E-state index in [0.717, 1.165) is 11.1 Å². The summed E-state index contributed by atoms with van der Waals surface area (Å²) in [6.07, 6.45) is 1.42. The summed E-state index contributed by atoms with van der Waals surface area (Å²) in [5.74, 6) is -1.06. The van der Waals surface area contributed by atoms with Crippen molar-refractivity contribution >= 4 is 53.8 Å². The lowest BCUT2D eigenvalue weighted by Crippen LogP contribution is -2.65. The normalized spacial score (nSPS) is 30.8. The van der Waals surface area contributed by atoms with Crippen LogP contribution in [0.15, 0.2) is 35.9 Å². The molecule has 2 N–H and O–H groups in total. The SMILES string of the molecule is COc1cc2cc(c1Cl)N(C)C(=O)C[C@H](OC(=O)[C@H](C)N(C)C(=O)CCC(C)(C)S)[C@]1(C)O[C@H]1C(C)(C)[C@@H]1C[C@@](O)(NC(=O)O1)[C@H](OC)/C=C/C=C(\C)C2. The molecule has 7 atom stereocenters. The first-order valence-corrected chi connectivity index (χ1v) is 18.9. The number of methoxy groups -OCH3 is 2. The number of rotatable bonds is 8. The van der Waals surface area contributed by atoms with Crippen molar-refractivity contribution in [3.8, 4) is 5.75 Å². The van der Waals surface area contributed by atoms with E-state index in [1.165, 1.54) is 31.1 Å². The van der Waals surface area contributed by atoms with E-state index in [0.29, 0.717) is 24.3 Å². The van der Waals surface area contributed by atoms with Crippen molar-refractivity contribution in [2.45, 2.75) is 127 Å². The highest BCUT2D eigenvalue weighted by molar-refractivity contribution is 7.81. The Hall–Kier alpha value is -3.30. The fraction of sp³-hybridized carbons (Fsp3) is 0.641. The molecule has 3 heterocycles. The zero-order valence-corrected chi connectivity index (χ0v) is 34.8. The number of amides is 3. The average molecular weight is 794 g/mol. The number of fused-ring (bicyclic) bond motifs is 5. The number of halogens is 1. The maximum absolute atomic E-state index is 14.2. The number of hydrogen-bond acceptors (Lipinski definition) is 11. The molecule has 15 heteroatoms. The second kappa shape index (κ2) is 16.4. The van der Waals surface area contributed by atoms with Crippen LogP contribution in [-0.2, 0) is 39.8 Å². The molecule has 2 fully saturated rings. The Morgan fingerprint density at radius 1 is 1.22 bits per heavy atom. The summed E-state index contributed by atoms with van der Waals surface area (Å²) in [6.45, 7) is 12.7. The number of hydrogen-bond donors (Lipinski definition) is 3. The molecule has 54 heavy (non-hydrogen) atoms. The molecule has 0 radical (unpaired) electrons. The van der Waals surface area contributed by atoms with E-state index in [-0.39, 0.29) is 34.9 Å². The third-order valence-corrected chi connectivity index (χ3v) is 11.4. The minimum atomic E-state index is -1.85. The molecule has 0 spiro atoms. The summed E-state index contributed by atoms with van der Waals surface area (Å²) < 4.78 is 29.1. The van der Waals surface area contributed by atoms with Crippen LogP contribution >= 0.6 is 24.2 Å². The first-order valence-electron chi connectivity index (χ1n) is 18.0. The lowest BCUT2D eigenvalue weighted by atomic mass is 9.73. The van der Waals surface area contributed by atoms with Crippen LogP contribution < -0.4 is 15.0 Å². The lowest BCUT2D eigenvalue weighted by molar-refractivity contribution is -0.162. The van der Waals surface area contributed by atoms with Gasteiger partial charge in [0.25, 0.3) is 0 Å². The molecule has 4 bridgehead atoms. The number of nitrogens with zero attached hydrogens (tertiary/aromatic N) is 2. The average Bonchev–Trinajstić information content (AvgIpc) is 3.80. The van der Waals surface area contributed by atoms with Gasteiger partial charge in [-0.25, -0.2) is 9.59 Å². The quantitative estimate of drug-likeness (QED) is 0.177. The van der Waals surface area contributed by atoms with Gasteiger partial charge in [-0.1, -0.05) is 63.1 Å². The van der Waals surface area contributed by atoms with Crippen molar-refractivity contribution < 1.29 is 48.0 Å². The Morgan fingerprint density at radius 2 is 1.89 bits per heavy atom. The third-order valence-electron chi connectivity index (χ3n) is 10.8. The van der Waals surface area contributed by atoms with Gasteiger partial charge in [-0.3, -0.25) is 14.9 Å². The number of esters is 1. The van der Waals surface area contributed by atoms with Gasteiger partial charge in [0, 0.05) is 44.2 Å². The number of nitrogens with one attached hydrogen (secondary N) is 1. The highest BCUT2D eigenvalue weighted by atomic mass is 35.5. The van der Waals surface area contributed by atoms with Gasteiger partial charge >= 0.3 is 12.1 Å². The summed E-state index contributed by atoms with van der Waals surface area (Å²) in [5.41, 5.74) is -1.97. The zero-order chi connectivity index (χ0) is 40.6. The smallest absolute Gasteiger partial charge is 0.409 e. The number of allylic oxidation sites excluding steroid dienone is 3. The Labute approximate surface area is 329 Å². The van der Waals surface area contributed by atoms with Crippen molar-refractivity contribution in [2.24, 2.45) is 5.41 Å². The van der Waals surface area contributed by atoms with Crippen molar-refractivity contribution in [3.05, 3.63) is 46.5 Å². The van der Waals surface area contributed by atoms with Crippen LogP contribution in [0, 0.1) is 5.41 Å². The van der Waals surface area contributed by atoms with Crippen LogP contribution in [0.4, 0.5) is 10.5 Å². The molecule has 0 unspecified atom stereocenters. The van der Waals surface area contributed by atoms with E-state index in [2.05, 4.69) is 17.9 Å². The number of benzene rings is 1. The van der Waals surface area contributed by atoms with Gasteiger partial charge in [-0.2, -0.15) is 12.6 Å². The predicted molar refractivity (Wildman–Crippen MR) is 208 cm³/mol.